The number of nitrogens with zero attached hydrogens (tertiary/aromatic N) is 2. The molecule has 2 rings (SSSR count). The van der Waals surface area contributed by atoms with Crippen LogP contribution >= 0.6 is 0 Å². The minimum atomic E-state index is -1.09. The first-order valence-electron chi connectivity index (χ1n) is 9.92. The maximum atomic E-state index is 12.1. The normalized spacial score (nSPS) is 14.6. The third-order valence-electron chi connectivity index (χ3n) is 5.33. The number of carbonyl (C=O) groups excluding carboxylic acids is 2. The van der Waals surface area contributed by atoms with Gasteiger partial charge in [0.1, 0.15) is 12.0 Å². The van der Waals surface area contributed by atoms with E-state index >= 15 is 0 Å². The van der Waals surface area contributed by atoms with Gasteiger partial charge in [-0.1, -0.05) is 0 Å². The molecule has 1 unspecified atom stereocenters. The van der Waals surface area contributed by atoms with Gasteiger partial charge >= 0.3 is 5.97 Å². The van der Waals surface area contributed by atoms with Crippen molar-refractivity contribution in [2.24, 2.45) is 0 Å². The fourth-order valence-corrected chi connectivity index (χ4v) is 3.59. The first kappa shape index (κ1) is 23.2. The number of ether oxygens (including phenoxy) is 1. The molecule has 1 atom stereocenters. The first-order valence-corrected chi connectivity index (χ1v) is 9.92. The number of anilines is 1. The highest BCUT2D eigenvalue weighted by Gasteiger charge is 2.26. The average Bonchev–Trinajstić information content (AvgIpc) is 2.78. The smallest absolute Gasteiger partial charge is 0.336 e. The van der Waals surface area contributed by atoms with Crippen LogP contribution in [0, 0.1) is 11.2 Å². The molecule has 10 heteroatoms. The Kier molecular flexibility index (Phi) is 8.68. The molecular weight excluding hydrogens is 387 g/mol. The summed E-state index contributed by atoms with van der Waals surface area (Å²) in [6.07, 6.45) is 2.75. The van der Waals surface area contributed by atoms with Crippen LogP contribution in [0.15, 0.2) is 12.1 Å². The number of aldehydes is 1. The third-order valence-corrected chi connectivity index (χ3v) is 5.33. The number of likely N-dealkylation sites (N-methyl/N-ethyl adjacent to an activating group) is 1. The van der Waals surface area contributed by atoms with Crippen LogP contribution in [0.2, 0.25) is 12.6 Å². The Morgan fingerprint density at radius 2 is 2.10 bits per heavy atom. The van der Waals surface area contributed by atoms with Gasteiger partial charge in [0.25, 0.3) is 6.71 Å². The number of carboxylic acids is 1. The zero-order chi connectivity index (χ0) is 22.1. The molecule has 3 N–H and O–H groups in total. The molecule has 0 aromatic heterocycles. The number of nitrogens with one attached hydrogen (secondary N) is 2. The number of nitriles is 1. The molecule has 0 radical (unpaired) electrons. The van der Waals surface area contributed by atoms with E-state index in [2.05, 4.69) is 21.5 Å². The lowest BCUT2D eigenvalue weighted by molar-refractivity contribution is -0.122. The minimum Gasteiger partial charge on any atom is -0.495 e. The number of aromatic carboxylic acids is 1. The standard InChI is InChI=1S/C20H27BN4O5/c1-23-19(27)16(4-3-9-26)24-12-14-10-17(18(30-2)11-15(14)20(28)29)25-7-5-21(13-22)6-8-25/h9-11,16,24H,3-8,12H2,1-2H3,(H,23,27)(H,28,29). The van der Waals surface area contributed by atoms with E-state index in [0.29, 0.717) is 30.8 Å². The van der Waals surface area contributed by atoms with Crippen LogP contribution < -0.4 is 20.3 Å². The zero-order valence-electron chi connectivity index (χ0n) is 17.3. The molecule has 1 heterocycles. The molecule has 1 aliphatic rings. The van der Waals surface area contributed by atoms with Crippen molar-refractivity contribution in [3.05, 3.63) is 23.3 Å². The Labute approximate surface area is 176 Å². The summed E-state index contributed by atoms with van der Waals surface area (Å²) in [5.74, 6) is 1.40. The number of methoxy groups -OCH3 is 1. The van der Waals surface area contributed by atoms with Crippen molar-refractivity contribution in [1.82, 2.24) is 10.6 Å². The van der Waals surface area contributed by atoms with E-state index in [1.807, 2.05) is 0 Å². The summed E-state index contributed by atoms with van der Waals surface area (Å²) in [6.45, 7) is 1.52. The highest BCUT2D eigenvalue weighted by molar-refractivity contribution is 6.67. The Balaban J connectivity index is 2.30. The first-order chi connectivity index (χ1) is 14.4. The van der Waals surface area contributed by atoms with Crippen LogP contribution in [0.5, 0.6) is 5.75 Å². The molecule has 0 saturated carbocycles. The second-order valence-corrected chi connectivity index (χ2v) is 7.17. The number of hydrogen-bond donors (Lipinski definition) is 3. The third kappa shape index (κ3) is 5.73. The summed E-state index contributed by atoms with van der Waals surface area (Å²) < 4.78 is 5.44. The van der Waals surface area contributed by atoms with E-state index in [1.165, 1.54) is 20.2 Å². The summed E-state index contributed by atoms with van der Waals surface area (Å²) in [5, 5.41) is 24.4. The molecule has 30 heavy (non-hydrogen) atoms. The van der Waals surface area contributed by atoms with Crippen LogP contribution in [0.4, 0.5) is 5.69 Å². The molecule has 0 aliphatic carbocycles. The predicted molar refractivity (Wildman–Crippen MR) is 113 cm³/mol. The van der Waals surface area contributed by atoms with Crippen LogP contribution in [0.3, 0.4) is 0 Å². The Morgan fingerprint density at radius 1 is 1.40 bits per heavy atom. The minimum absolute atomic E-state index is 0.0257. The zero-order valence-corrected chi connectivity index (χ0v) is 17.3. The molecule has 1 saturated heterocycles. The molecule has 1 aromatic carbocycles. The van der Waals surface area contributed by atoms with Gasteiger partial charge in [-0.3, -0.25) is 4.79 Å². The summed E-state index contributed by atoms with van der Waals surface area (Å²) >= 11 is 0. The van der Waals surface area contributed by atoms with E-state index in [-0.39, 0.29) is 31.1 Å². The summed E-state index contributed by atoms with van der Waals surface area (Å²) in [7, 11) is 3.00. The van der Waals surface area contributed by atoms with Crippen LogP contribution in [0.1, 0.15) is 28.8 Å². The second kappa shape index (κ2) is 11.2. The lowest BCUT2D eigenvalue weighted by Crippen LogP contribution is -2.42. The van der Waals surface area contributed by atoms with E-state index in [4.69, 9.17) is 10.00 Å². The molecule has 9 nitrogen and oxygen atoms in total. The van der Waals surface area contributed by atoms with Gasteiger partial charge < -0.3 is 30.2 Å². The summed E-state index contributed by atoms with van der Waals surface area (Å²) in [5.41, 5.74) is 1.36. The van der Waals surface area contributed by atoms with E-state index in [9.17, 15) is 19.5 Å². The fraction of sp³-hybridized carbons (Fsp3) is 0.500. The topological polar surface area (TPSA) is 132 Å². The maximum Gasteiger partial charge on any atom is 0.336 e. The molecule has 1 aliphatic heterocycles. The number of hydrogen-bond acceptors (Lipinski definition) is 7. The van der Waals surface area contributed by atoms with E-state index in [1.54, 1.807) is 6.07 Å². The van der Waals surface area contributed by atoms with Crippen molar-refractivity contribution < 1.29 is 24.2 Å². The van der Waals surface area contributed by atoms with Crippen molar-refractivity contribution in [1.29, 1.82) is 5.26 Å². The number of carbonyl (C=O) groups is 3. The number of rotatable bonds is 10. The van der Waals surface area contributed by atoms with Gasteiger partial charge in [0.2, 0.25) is 5.91 Å². The van der Waals surface area contributed by atoms with Gasteiger partial charge in [-0.2, -0.15) is 0 Å². The van der Waals surface area contributed by atoms with Crippen molar-refractivity contribution >= 4 is 30.6 Å². The molecule has 1 amide bonds. The predicted octanol–water partition coefficient (Wildman–Crippen LogP) is 0.954. The Morgan fingerprint density at radius 3 is 2.63 bits per heavy atom. The van der Waals surface area contributed by atoms with Gasteiger partial charge in [0.05, 0.1) is 24.4 Å². The SMILES string of the molecule is CNC(=O)C(CCC=O)NCc1cc(N2CCB(C#N)CC2)c(OC)cc1C(=O)O. The molecule has 1 fully saturated rings. The largest absolute Gasteiger partial charge is 0.495 e. The monoisotopic (exact) mass is 414 g/mol. The molecule has 0 bridgehead atoms. The lowest BCUT2D eigenvalue weighted by Gasteiger charge is -2.32. The molecule has 0 spiro atoms. The van der Waals surface area contributed by atoms with Crippen LogP contribution in [0.25, 0.3) is 0 Å². The molecular formula is C20H27BN4O5. The Bertz CT molecular complexity index is 818. The molecule has 1 aromatic rings. The summed E-state index contributed by atoms with van der Waals surface area (Å²) in [6, 6.07) is 2.65. The van der Waals surface area contributed by atoms with E-state index < -0.39 is 12.0 Å². The van der Waals surface area contributed by atoms with Gasteiger partial charge in [-0.05, 0) is 36.8 Å². The van der Waals surface area contributed by atoms with Crippen molar-refractivity contribution in [3.8, 4) is 11.7 Å². The number of amides is 1. The maximum absolute atomic E-state index is 12.1. The van der Waals surface area contributed by atoms with Gasteiger partial charge in [-0.25, -0.2) is 10.1 Å². The number of carboxylic acid groups (broad SMARTS) is 1. The van der Waals surface area contributed by atoms with Gasteiger partial charge in [0.15, 0.2) is 0 Å². The van der Waals surface area contributed by atoms with E-state index in [0.717, 1.165) is 24.6 Å². The van der Waals surface area contributed by atoms with Crippen molar-refractivity contribution in [2.45, 2.75) is 38.1 Å². The average molecular weight is 414 g/mol. The number of benzene rings is 1. The summed E-state index contributed by atoms with van der Waals surface area (Å²) in [4.78, 5) is 36.7. The van der Waals surface area contributed by atoms with Crippen LogP contribution in [-0.4, -0.2) is 63.3 Å². The van der Waals surface area contributed by atoms with Crippen molar-refractivity contribution in [3.63, 3.8) is 0 Å². The highest BCUT2D eigenvalue weighted by Crippen LogP contribution is 2.34. The highest BCUT2D eigenvalue weighted by atomic mass is 16.5. The van der Waals surface area contributed by atoms with Crippen LogP contribution in [-0.2, 0) is 16.1 Å². The second-order valence-electron chi connectivity index (χ2n) is 7.17. The lowest BCUT2D eigenvalue weighted by atomic mass is 9.45. The van der Waals surface area contributed by atoms with Gasteiger partial charge in [0, 0.05) is 39.1 Å². The Hall–Kier alpha value is -3.06. The quantitative estimate of drug-likeness (QED) is 0.381. The van der Waals surface area contributed by atoms with Gasteiger partial charge in [-0.15, -0.1) is 0 Å². The van der Waals surface area contributed by atoms with Crippen molar-refractivity contribution in [2.75, 3.05) is 32.1 Å². The fourth-order valence-electron chi connectivity index (χ4n) is 3.59. The molecule has 160 valence electrons.